The summed E-state index contributed by atoms with van der Waals surface area (Å²) in [5.74, 6) is -2.87. The molecular formula is C17H19F2N3O3. The highest BCUT2D eigenvalue weighted by Crippen LogP contribution is 2.48. The topological polar surface area (TPSA) is 69.7 Å². The van der Waals surface area contributed by atoms with Gasteiger partial charge in [0.1, 0.15) is 5.41 Å². The third-order valence-electron chi connectivity index (χ3n) is 4.78. The Balaban J connectivity index is 1.65. The Morgan fingerprint density at radius 1 is 1.00 bits per heavy atom. The lowest BCUT2D eigenvalue weighted by Gasteiger charge is -2.35. The molecule has 8 heteroatoms. The molecular weight excluding hydrogens is 332 g/mol. The first-order chi connectivity index (χ1) is 11.8. The van der Waals surface area contributed by atoms with E-state index in [0.717, 1.165) is 12.1 Å². The number of nitrogens with zero attached hydrogens (tertiary/aromatic N) is 2. The predicted molar refractivity (Wildman–Crippen MR) is 85.5 cm³/mol. The number of carbonyl (C=O) groups is 3. The van der Waals surface area contributed by atoms with Gasteiger partial charge in [-0.15, -0.1) is 0 Å². The number of rotatable bonds is 3. The van der Waals surface area contributed by atoms with Crippen molar-refractivity contribution >= 4 is 23.4 Å². The van der Waals surface area contributed by atoms with E-state index in [-0.39, 0.29) is 17.5 Å². The molecule has 1 aliphatic heterocycles. The van der Waals surface area contributed by atoms with Crippen LogP contribution in [0.3, 0.4) is 0 Å². The highest BCUT2D eigenvalue weighted by Gasteiger charge is 2.58. The second kappa shape index (κ2) is 6.42. The monoisotopic (exact) mass is 351 g/mol. The van der Waals surface area contributed by atoms with Crippen LogP contribution in [0.4, 0.5) is 14.5 Å². The Kier molecular flexibility index (Phi) is 4.45. The first-order valence-corrected chi connectivity index (χ1v) is 8.15. The van der Waals surface area contributed by atoms with Gasteiger partial charge < -0.3 is 15.1 Å². The molecule has 1 saturated heterocycles. The fraction of sp³-hybridized carbons (Fsp3) is 0.471. The van der Waals surface area contributed by atoms with E-state index in [2.05, 4.69) is 5.32 Å². The van der Waals surface area contributed by atoms with Crippen LogP contribution in [0.1, 0.15) is 19.8 Å². The maximum absolute atomic E-state index is 13.3. The summed E-state index contributed by atoms with van der Waals surface area (Å²) in [5.41, 5.74) is -1.02. The number of hydrogen-bond acceptors (Lipinski definition) is 3. The van der Waals surface area contributed by atoms with E-state index < -0.39 is 23.0 Å². The molecule has 0 atom stereocenters. The number of halogens is 2. The van der Waals surface area contributed by atoms with Crippen LogP contribution in [0, 0.1) is 17.0 Å². The molecule has 6 nitrogen and oxygen atoms in total. The van der Waals surface area contributed by atoms with E-state index in [4.69, 9.17) is 0 Å². The van der Waals surface area contributed by atoms with E-state index in [1.54, 1.807) is 9.80 Å². The van der Waals surface area contributed by atoms with Gasteiger partial charge in [0.05, 0.1) is 0 Å². The highest BCUT2D eigenvalue weighted by molar-refractivity contribution is 6.13. The molecule has 0 unspecified atom stereocenters. The van der Waals surface area contributed by atoms with Crippen molar-refractivity contribution in [2.24, 2.45) is 5.41 Å². The van der Waals surface area contributed by atoms with Gasteiger partial charge in [-0.2, -0.15) is 0 Å². The lowest BCUT2D eigenvalue weighted by atomic mass is 10.0. The van der Waals surface area contributed by atoms with Crippen molar-refractivity contribution in [1.82, 2.24) is 9.80 Å². The van der Waals surface area contributed by atoms with Crippen molar-refractivity contribution in [2.45, 2.75) is 19.8 Å². The third kappa shape index (κ3) is 3.33. The van der Waals surface area contributed by atoms with Crippen molar-refractivity contribution in [3.05, 3.63) is 29.8 Å². The largest absolute Gasteiger partial charge is 0.339 e. The van der Waals surface area contributed by atoms with Crippen molar-refractivity contribution < 1.29 is 23.2 Å². The molecule has 1 heterocycles. The normalized spacial score (nSPS) is 18.7. The van der Waals surface area contributed by atoms with Crippen molar-refractivity contribution in [3.63, 3.8) is 0 Å². The summed E-state index contributed by atoms with van der Waals surface area (Å²) in [6.07, 6.45) is 0.850. The van der Waals surface area contributed by atoms with Gasteiger partial charge in [0.25, 0.3) is 0 Å². The fourth-order valence-corrected chi connectivity index (χ4v) is 3.01. The lowest BCUT2D eigenvalue weighted by molar-refractivity contribution is -0.146. The van der Waals surface area contributed by atoms with E-state index in [1.165, 1.54) is 13.0 Å². The van der Waals surface area contributed by atoms with E-state index >= 15 is 0 Å². The van der Waals surface area contributed by atoms with Gasteiger partial charge in [-0.25, -0.2) is 8.78 Å². The summed E-state index contributed by atoms with van der Waals surface area (Å²) in [6, 6.07) is 3.06. The van der Waals surface area contributed by atoms with Gasteiger partial charge in [0.2, 0.25) is 17.7 Å². The van der Waals surface area contributed by atoms with Crippen LogP contribution in [0.2, 0.25) is 0 Å². The lowest BCUT2D eigenvalue weighted by Crippen LogP contribution is -2.53. The van der Waals surface area contributed by atoms with Gasteiger partial charge in [-0.05, 0) is 25.0 Å². The Morgan fingerprint density at radius 3 is 2.12 bits per heavy atom. The second-order valence-electron chi connectivity index (χ2n) is 6.46. The summed E-state index contributed by atoms with van der Waals surface area (Å²) in [5, 5.41) is 2.50. The molecule has 2 aliphatic rings. The van der Waals surface area contributed by atoms with E-state index in [0.29, 0.717) is 39.0 Å². The fourth-order valence-electron chi connectivity index (χ4n) is 3.01. The van der Waals surface area contributed by atoms with Crippen LogP contribution in [0.25, 0.3) is 0 Å². The van der Waals surface area contributed by atoms with E-state index in [9.17, 15) is 23.2 Å². The van der Waals surface area contributed by atoms with Crippen LogP contribution in [0.5, 0.6) is 0 Å². The molecule has 1 saturated carbocycles. The van der Waals surface area contributed by atoms with Crippen molar-refractivity contribution in [1.29, 1.82) is 0 Å². The summed E-state index contributed by atoms with van der Waals surface area (Å²) in [7, 11) is 0. The van der Waals surface area contributed by atoms with Crippen molar-refractivity contribution in [3.8, 4) is 0 Å². The van der Waals surface area contributed by atoms with Gasteiger partial charge >= 0.3 is 0 Å². The van der Waals surface area contributed by atoms with E-state index in [1.807, 2.05) is 0 Å². The Morgan fingerprint density at radius 2 is 1.60 bits per heavy atom. The molecule has 1 N–H and O–H groups in total. The molecule has 0 bridgehead atoms. The summed E-state index contributed by atoms with van der Waals surface area (Å²) >= 11 is 0. The maximum Gasteiger partial charge on any atom is 0.240 e. The molecule has 0 aromatic heterocycles. The van der Waals surface area contributed by atoms with Gasteiger partial charge in [-0.1, -0.05) is 0 Å². The Hall–Kier alpha value is -2.51. The molecule has 1 aromatic carbocycles. The first-order valence-electron chi connectivity index (χ1n) is 8.15. The molecule has 1 aliphatic carbocycles. The maximum atomic E-state index is 13.3. The number of nitrogens with one attached hydrogen (secondary N) is 1. The molecule has 3 rings (SSSR count). The minimum atomic E-state index is -1.14. The van der Waals surface area contributed by atoms with Gasteiger partial charge in [0, 0.05) is 44.9 Å². The number of carbonyl (C=O) groups excluding carboxylic acids is 3. The highest BCUT2D eigenvalue weighted by atomic mass is 19.2. The average molecular weight is 351 g/mol. The molecule has 134 valence electrons. The minimum Gasteiger partial charge on any atom is -0.339 e. The quantitative estimate of drug-likeness (QED) is 0.837. The number of hydrogen-bond donors (Lipinski definition) is 1. The molecule has 2 fully saturated rings. The first kappa shape index (κ1) is 17.3. The van der Waals surface area contributed by atoms with Crippen LogP contribution in [-0.4, -0.2) is 53.7 Å². The number of anilines is 1. The summed E-state index contributed by atoms with van der Waals surface area (Å²) in [6.45, 7) is 3.15. The molecule has 0 radical (unpaired) electrons. The summed E-state index contributed by atoms with van der Waals surface area (Å²) in [4.78, 5) is 39.8. The van der Waals surface area contributed by atoms with Crippen LogP contribution < -0.4 is 5.32 Å². The third-order valence-corrected chi connectivity index (χ3v) is 4.78. The molecule has 0 spiro atoms. The zero-order valence-corrected chi connectivity index (χ0v) is 13.8. The van der Waals surface area contributed by atoms with Crippen LogP contribution >= 0.6 is 0 Å². The number of benzene rings is 1. The standard InChI is InChI=1S/C17H19F2N3O3/c1-11(23)21-6-8-22(9-7-21)16(25)17(4-5-17)15(24)20-12-2-3-13(18)14(19)10-12/h2-3,10H,4-9H2,1H3,(H,20,24). The molecule has 3 amide bonds. The summed E-state index contributed by atoms with van der Waals surface area (Å²) < 4.78 is 26.2. The van der Waals surface area contributed by atoms with Gasteiger partial charge in [0.15, 0.2) is 11.6 Å². The Bertz CT molecular complexity index is 726. The molecule has 1 aromatic rings. The van der Waals surface area contributed by atoms with Gasteiger partial charge in [-0.3, -0.25) is 14.4 Å². The molecule has 25 heavy (non-hydrogen) atoms. The predicted octanol–water partition coefficient (Wildman–Crippen LogP) is 1.37. The number of piperazine rings is 1. The average Bonchev–Trinajstić information content (AvgIpc) is 3.39. The zero-order chi connectivity index (χ0) is 18.2. The van der Waals surface area contributed by atoms with Crippen LogP contribution in [-0.2, 0) is 14.4 Å². The van der Waals surface area contributed by atoms with Crippen LogP contribution in [0.15, 0.2) is 18.2 Å². The SMILES string of the molecule is CC(=O)N1CCN(C(=O)C2(C(=O)Nc3ccc(F)c(F)c3)CC2)CC1. The Labute approximate surface area is 143 Å². The zero-order valence-electron chi connectivity index (χ0n) is 13.8. The number of amides is 3. The second-order valence-corrected chi connectivity index (χ2v) is 6.46. The minimum absolute atomic E-state index is 0.0377. The van der Waals surface area contributed by atoms with Crippen molar-refractivity contribution in [2.75, 3.05) is 31.5 Å². The smallest absolute Gasteiger partial charge is 0.240 e.